The van der Waals surface area contributed by atoms with Crippen LogP contribution in [0.2, 0.25) is 0 Å². The molecule has 162 valence electrons. The van der Waals surface area contributed by atoms with Crippen molar-refractivity contribution in [2.24, 2.45) is 5.92 Å². The number of rotatable bonds is 6. The van der Waals surface area contributed by atoms with Crippen molar-refractivity contribution in [2.75, 3.05) is 36.9 Å². The van der Waals surface area contributed by atoms with Crippen LogP contribution in [0.4, 0.5) is 11.5 Å². The molecule has 9 heteroatoms. The van der Waals surface area contributed by atoms with E-state index in [-0.39, 0.29) is 24.3 Å². The number of nitrogens with one attached hydrogen (secondary N) is 1. The number of hydrogen-bond acceptors (Lipinski definition) is 6. The number of morpholine rings is 1. The Morgan fingerprint density at radius 3 is 2.52 bits per heavy atom. The second-order valence-electron chi connectivity index (χ2n) is 8.09. The second-order valence-corrected chi connectivity index (χ2v) is 8.09. The monoisotopic (exact) mass is 407 g/mol. The maximum atomic E-state index is 13.2. The van der Waals surface area contributed by atoms with E-state index >= 15 is 0 Å². The third kappa shape index (κ3) is 4.66. The third-order valence-corrected chi connectivity index (χ3v) is 5.98. The highest BCUT2D eigenvalue weighted by Gasteiger charge is 2.26. The normalized spacial score (nSPS) is 22.5. The standard InChI is InChI=1S/C20H33N5O4/c1-3-8-24-18(21)17(23-9-11-29-12-10-23)19(27)25(20(24)28)13-16(26)22-15-7-5-4-6-14(15)2/h14-15H,3-13,21H2,1-2H3,(H,22,26)/t14-,15-/m1/s1. The van der Waals surface area contributed by atoms with Gasteiger partial charge in [0.1, 0.15) is 18.1 Å². The highest BCUT2D eigenvalue weighted by molar-refractivity contribution is 5.76. The summed E-state index contributed by atoms with van der Waals surface area (Å²) in [7, 11) is 0. The van der Waals surface area contributed by atoms with Gasteiger partial charge in [-0.25, -0.2) is 9.36 Å². The number of amides is 1. The molecule has 9 nitrogen and oxygen atoms in total. The van der Waals surface area contributed by atoms with Crippen LogP contribution in [-0.2, 0) is 22.6 Å². The molecule has 2 heterocycles. The Kier molecular flexibility index (Phi) is 7.00. The lowest BCUT2D eigenvalue weighted by Crippen LogP contribution is -2.50. The highest BCUT2D eigenvalue weighted by atomic mass is 16.5. The van der Waals surface area contributed by atoms with Gasteiger partial charge >= 0.3 is 5.69 Å². The van der Waals surface area contributed by atoms with Gasteiger partial charge in [-0.1, -0.05) is 26.7 Å². The van der Waals surface area contributed by atoms with Crippen LogP contribution in [-0.4, -0.2) is 47.4 Å². The van der Waals surface area contributed by atoms with Gasteiger partial charge in [0.05, 0.1) is 13.2 Å². The first-order chi connectivity index (χ1) is 13.9. The van der Waals surface area contributed by atoms with Crippen LogP contribution in [0.1, 0.15) is 46.0 Å². The Hall–Kier alpha value is -2.29. The maximum absolute atomic E-state index is 13.2. The maximum Gasteiger partial charge on any atom is 0.333 e. The molecule has 3 N–H and O–H groups in total. The van der Waals surface area contributed by atoms with Crippen molar-refractivity contribution in [1.82, 2.24) is 14.5 Å². The summed E-state index contributed by atoms with van der Waals surface area (Å²) in [6, 6.07) is 0.0947. The van der Waals surface area contributed by atoms with Crippen molar-refractivity contribution in [3.8, 4) is 0 Å². The zero-order chi connectivity index (χ0) is 21.0. The zero-order valence-electron chi connectivity index (χ0n) is 17.5. The number of nitrogens with two attached hydrogens (primary N) is 1. The van der Waals surface area contributed by atoms with Crippen LogP contribution in [0.3, 0.4) is 0 Å². The lowest BCUT2D eigenvalue weighted by molar-refractivity contribution is -0.123. The Balaban J connectivity index is 1.92. The highest BCUT2D eigenvalue weighted by Crippen LogP contribution is 2.23. The molecule has 0 radical (unpaired) electrons. The number of ether oxygens (including phenoxy) is 1. The first kappa shape index (κ1) is 21.4. The largest absolute Gasteiger partial charge is 0.383 e. The SMILES string of the molecule is CCCn1c(N)c(N2CCOCC2)c(=O)n(CC(=O)N[C@@H]2CCCC[C@H]2C)c1=O. The third-order valence-electron chi connectivity index (χ3n) is 5.98. The summed E-state index contributed by atoms with van der Waals surface area (Å²) < 4.78 is 7.80. The predicted molar refractivity (Wildman–Crippen MR) is 112 cm³/mol. The summed E-state index contributed by atoms with van der Waals surface area (Å²) in [5, 5.41) is 3.02. The minimum Gasteiger partial charge on any atom is -0.383 e. The molecule has 1 aliphatic carbocycles. The lowest BCUT2D eigenvalue weighted by Gasteiger charge is -2.31. The van der Waals surface area contributed by atoms with E-state index in [4.69, 9.17) is 10.5 Å². The van der Waals surface area contributed by atoms with Gasteiger partial charge in [-0.05, 0) is 25.2 Å². The minimum atomic E-state index is -0.529. The van der Waals surface area contributed by atoms with Crippen LogP contribution in [0.15, 0.2) is 9.59 Å². The molecule has 1 amide bonds. The molecule has 1 saturated carbocycles. The Morgan fingerprint density at radius 1 is 1.17 bits per heavy atom. The molecular formula is C20H33N5O4. The summed E-state index contributed by atoms with van der Waals surface area (Å²) in [5.74, 6) is 0.265. The van der Waals surface area contributed by atoms with E-state index in [0.717, 1.165) is 23.8 Å². The Morgan fingerprint density at radius 2 is 1.86 bits per heavy atom. The molecule has 2 atom stereocenters. The van der Waals surface area contributed by atoms with Gasteiger partial charge < -0.3 is 20.7 Å². The van der Waals surface area contributed by atoms with Crippen molar-refractivity contribution in [2.45, 2.75) is 65.1 Å². The van der Waals surface area contributed by atoms with E-state index in [2.05, 4.69) is 12.2 Å². The Labute approximate surface area is 170 Å². The predicted octanol–water partition coefficient (Wildman–Crippen LogP) is 0.534. The van der Waals surface area contributed by atoms with Crippen molar-refractivity contribution in [3.63, 3.8) is 0 Å². The van der Waals surface area contributed by atoms with Gasteiger partial charge in [-0.2, -0.15) is 0 Å². The van der Waals surface area contributed by atoms with Gasteiger partial charge in [0.2, 0.25) is 5.91 Å². The van der Waals surface area contributed by atoms with E-state index in [0.29, 0.717) is 50.9 Å². The summed E-state index contributed by atoms with van der Waals surface area (Å²) in [4.78, 5) is 40.7. The number of hydrogen-bond donors (Lipinski definition) is 2. The topological polar surface area (TPSA) is 112 Å². The van der Waals surface area contributed by atoms with E-state index in [1.54, 1.807) is 0 Å². The number of aromatic nitrogens is 2. The average Bonchev–Trinajstić information content (AvgIpc) is 2.71. The van der Waals surface area contributed by atoms with E-state index < -0.39 is 11.2 Å². The average molecular weight is 408 g/mol. The minimum absolute atomic E-state index is 0.0947. The number of nitrogen functional groups attached to an aromatic ring is 1. The molecule has 0 aromatic carbocycles. The molecule has 1 aromatic rings. The number of nitrogens with zero attached hydrogens (tertiary/aromatic N) is 3. The quantitative estimate of drug-likeness (QED) is 0.712. The second kappa shape index (κ2) is 9.47. The van der Waals surface area contributed by atoms with Crippen molar-refractivity contribution >= 4 is 17.4 Å². The fourth-order valence-electron chi connectivity index (χ4n) is 4.29. The number of carbonyl (C=O) groups is 1. The lowest BCUT2D eigenvalue weighted by atomic mass is 9.86. The van der Waals surface area contributed by atoms with Crippen LogP contribution in [0, 0.1) is 5.92 Å². The van der Waals surface area contributed by atoms with Gasteiger partial charge in [0, 0.05) is 25.7 Å². The van der Waals surface area contributed by atoms with E-state index in [1.807, 2.05) is 11.8 Å². The fourth-order valence-corrected chi connectivity index (χ4v) is 4.29. The van der Waals surface area contributed by atoms with Crippen molar-refractivity contribution in [1.29, 1.82) is 0 Å². The molecule has 1 saturated heterocycles. The first-order valence-electron chi connectivity index (χ1n) is 10.7. The molecule has 1 aliphatic heterocycles. The van der Waals surface area contributed by atoms with Crippen molar-refractivity contribution < 1.29 is 9.53 Å². The molecule has 29 heavy (non-hydrogen) atoms. The molecule has 0 bridgehead atoms. The van der Waals surface area contributed by atoms with Crippen LogP contribution < -0.4 is 27.2 Å². The molecule has 1 aromatic heterocycles. The molecule has 0 spiro atoms. The van der Waals surface area contributed by atoms with E-state index in [1.165, 1.54) is 11.0 Å². The van der Waals surface area contributed by atoms with Crippen LogP contribution >= 0.6 is 0 Å². The summed E-state index contributed by atoms with van der Waals surface area (Å²) in [6.45, 7) is 6.20. The van der Waals surface area contributed by atoms with Crippen LogP contribution in [0.25, 0.3) is 0 Å². The fraction of sp³-hybridized carbons (Fsp3) is 0.750. The number of anilines is 2. The molecule has 0 unspecified atom stereocenters. The van der Waals surface area contributed by atoms with Gasteiger partial charge in [0.15, 0.2) is 0 Å². The first-order valence-corrected chi connectivity index (χ1v) is 10.7. The zero-order valence-corrected chi connectivity index (χ0v) is 17.5. The van der Waals surface area contributed by atoms with Crippen LogP contribution in [0.5, 0.6) is 0 Å². The molecule has 3 rings (SSSR count). The van der Waals surface area contributed by atoms with E-state index in [9.17, 15) is 14.4 Å². The molecular weight excluding hydrogens is 374 g/mol. The van der Waals surface area contributed by atoms with Crippen molar-refractivity contribution in [3.05, 3.63) is 20.8 Å². The van der Waals surface area contributed by atoms with Gasteiger partial charge in [0.25, 0.3) is 5.56 Å². The van der Waals surface area contributed by atoms with Gasteiger partial charge in [-0.15, -0.1) is 0 Å². The Bertz CT molecular complexity index is 840. The number of carbonyl (C=O) groups excluding carboxylic acids is 1. The summed E-state index contributed by atoms with van der Waals surface area (Å²) in [6.07, 6.45) is 4.97. The summed E-state index contributed by atoms with van der Waals surface area (Å²) in [5.41, 5.74) is 5.49. The summed E-state index contributed by atoms with van der Waals surface area (Å²) >= 11 is 0. The molecule has 2 fully saturated rings. The van der Waals surface area contributed by atoms with Gasteiger partial charge in [-0.3, -0.25) is 14.2 Å². The smallest absolute Gasteiger partial charge is 0.333 e. The molecule has 2 aliphatic rings.